The average Bonchev–Trinajstić information content (AvgIpc) is 2.35. The van der Waals surface area contributed by atoms with Crippen LogP contribution in [0.5, 0.6) is 0 Å². The molecule has 1 aliphatic rings. The number of anilines is 1. The SMILES string of the molecule is Cc1ccc(NC(=O)CN2CCNCC2=O)nc1. The number of hydrogen-bond acceptors (Lipinski definition) is 4. The molecule has 1 fully saturated rings. The Balaban J connectivity index is 1.88. The van der Waals surface area contributed by atoms with Gasteiger partial charge >= 0.3 is 0 Å². The van der Waals surface area contributed by atoms with Gasteiger partial charge in [-0.3, -0.25) is 9.59 Å². The van der Waals surface area contributed by atoms with Crippen LogP contribution in [0.4, 0.5) is 5.82 Å². The maximum atomic E-state index is 11.7. The van der Waals surface area contributed by atoms with E-state index >= 15 is 0 Å². The van der Waals surface area contributed by atoms with Crippen molar-refractivity contribution in [1.82, 2.24) is 15.2 Å². The second kappa shape index (κ2) is 5.59. The van der Waals surface area contributed by atoms with Gasteiger partial charge in [-0.15, -0.1) is 0 Å². The molecule has 0 atom stereocenters. The van der Waals surface area contributed by atoms with E-state index in [0.717, 1.165) is 12.1 Å². The highest BCUT2D eigenvalue weighted by atomic mass is 16.2. The lowest BCUT2D eigenvalue weighted by Crippen LogP contribution is -2.50. The number of carbonyl (C=O) groups is 2. The first kappa shape index (κ1) is 12.5. The highest BCUT2D eigenvalue weighted by Gasteiger charge is 2.20. The van der Waals surface area contributed by atoms with Crippen molar-refractivity contribution in [3.8, 4) is 0 Å². The number of carbonyl (C=O) groups excluding carboxylic acids is 2. The van der Waals surface area contributed by atoms with Crippen molar-refractivity contribution in [1.29, 1.82) is 0 Å². The van der Waals surface area contributed by atoms with Crippen LogP contribution in [0.1, 0.15) is 5.56 Å². The average molecular weight is 248 g/mol. The van der Waals surface area contributed by atoms with E-state index in [1.807, 2.05) is 13.0 Å². The van der Waals surface area contributed by atoms with Crippen LogP contribution >= 0.6 is 0 Å². The molecule has 96 valence electrons. The summed E-state index contributed by atoms with van der Waals surface area (Å²) in [5.74, 6) is 0.239. The van der Waals surface area contributed by atoms with Crippen molar-refractivity contribution in [2.45, 2.75) is 6.92 Å². The maximum Gasteiger partial charge on any atom is 0.245 e. The van der Waals surface area contributed by atoms with Gasteiger partial charge in [0.25, 0.3) is 0 Å². The predicted octanol–water partition coefficient (Wildman–Crippen LogP) is -0.240. The summed E-state index contributed by atoms with van der Waals surface area (Å²) in [5, 5.41) is 5.63. The lowest BCUT2D eigenvalue weighted by atomic mass is 10.3. The van der Waals surface area contributed by atoms with Gasteiger partial charge in [-0.25, -0.2) is 4.98 Å². The van der Waals surface area contributed by atoms with E-state index in [-0.39, 0.29) is 18.4 Å². The number of rotatable bonds is 3. The molecule has 18 heavy (non-hydrogen) atoms. The summed E-state index contributed by atoms with van der Waals surface area (Å²) >= 11 is 0. The van der Waals surface area contributed by atoms with E-state index < -0.39 is 0 Å². The zero-order valence-corrected chi connectivity index (χ0v) is 10.3. The van der Waals surface area contributed by atoms with Crippen molar-refractivity contribution >= 4 is 17.6 Å². The molecule has 2 heterocycles. The van der Waals surface area contributed by atoms with Crippen LogP contribution in [-0.4, -0.2) is 47.9 Å². The standard InChI is InChI=1S/C12H16N4O2/c1-9-2-3-10(14-6-9)15-11(17)8-16-5-4-13-7-12(16)18/h2-3,6,13H,4-5,7-8H2,1H3,(H,14,15,17). The Bertz CT molecular complexity index is 444. The van der Waals surface area contributed by atoms with Crippen LogP contribution in [0, 0.1) is 6.92 Å². The molecule has 2 rings (SSSR count). The molecule has 1 aromatic rings. The highest BCUT2D eigenvalue weighted by Crippen LogP contribution is 2.04. The third-order valence-electron chi connectivity index (χ3n) is 2.70. The van der Waals surface area contributed by atoms with Gasteiger partial charge in [0.2, 0.25) is 11.8 Å². The Morgan fingerprint density at radius 2 is 2.39 bits per heavy atom. The van der Waals surface area contributed by atoms with Gasteiger partial charge in [0.1, 0.15) is 5.82 Å². The fraction of sp³-hybridized carbons (Fsp3) is 0.417. The summed E-state index contributed by atoms with van der Waals surface area (Å²) in [6.45, 7) is 3.60. The number of aromatic nitrogens is 1. The highest BCUT2D eigenvalue weighted by molar-refractivity contribution is 5.94. The van der Waals surface area contributed by atoms with Gasteiger partial charge in [0.15, 0.2) is 0 Å². The molecule has 6 heteroatoms. The minimum Gasteiger partial charge on any atom is -0.331 e. The molecule has 2 amide bonds. The predicted molar refractivity (Wildman–Crippen MR) is 67.1 cm³/mol. The minimum atomic E-state index is -0.221. The van der Waals surface area contributed by atoms with Crippen LogP contribution in [0.2, 0.25) is 0 Å². The Labute approximate surface area is 105 Å². The molecule has 2 N–H and O–H groups in total. The van der Waals surface area contributed by atoms with Gasteiger partial charge in [-0.05, 0) is 18.6 Å². The molecule has 0 aliphatic carbocycles. The zero-order valence-electron chi connectivity index (χ0n) is 10.3. The maximum absolute atomic E-state index is 11.7. The quantitative estimate of drug-likeness (QED) is 0.774. The van der Waals surface area contributed by atoms with Gasteiger partial charge < -0.3 is 15.5 Å². The fourth-order valence-electron chi connectivity index (χ4n) is 1.71. The topological polar surface area (TPSA) is 74.3 Å². The summed E-state index contributed by atoms with van der Waals surface area (Å²) in [5.41, 5.74) is 1.03. The molecular formula is C12H16N4O2. The van der Waals surface area contributed by atoms with Crippen molar-refractivity contribution in [2.75, 3.05) is 31.5 Å². The summed E-state index contributed by atoms with van der Waals surface area (Å²) < 4.78 is 0. The normalized spacial score (nSPS) is 15.6. The third kappa shape index (κ3) is 3.27. The van der Waals surface area contributed by atoms with Crippen LogP contribution < -0.4 is 10.6 Å². The number of hydrogen-bond donors (Lipinski definition) is 2. The second-order valence-corrected chi connectivity index (χ2v) is 4.26. The molecule has 0 spiro atoms. The largest absolute Gasteiger partial charge is 0.331 e. The van der Waals surface area contributed by atoms with Crippen molar-refractivity contribution in [2.24, 2.45) is 0 Å². The molecule has 0 unspecified atom stereocenters. The van der Waals surface area contributed by atoms with E-state index in [4.69, 9.17) is 0 Å². The van der Waals surface area contributed by atoms with Crippen LogP contribution in [0.3, 0.4) is 0 Å². The summed E-state index contributed by atoms with van der Waals surface area (Å²) in [6.07, 6.45) is 1.69. The van der Waals surface area contributed by atoms with Gasteiger partial charge in [-0.2, -0.15) is 0 Å². The summed E-state index contributed by atoms with van der Waals surface area (Å²) in [6, 6.07) is 3.62. The smallest absolute Gasteiger partial charge is 0.245 e. The summed E-state index contributed by atoms with van der Waals surface area (Å²) in [7, 11) is 0. The lowest BCUT2D eigenvalue weighted by molar-refractivity contribution is -0.135. The Morgan fingerprint density at radius 1 is 1.56 bits per heavy atom. The van der Waals surface area contributed by atoms with Crippen LogP contribution in [0.25, 0.3) is 0 Å². The first-order valence-electron chi connectivity index (χ1n) is 5.86. The monoisotopic (exact) mass is 248 g/mol. The first-order valence-corrected chi connectivity index (χ1v) is 5.86. The Morgan fingerprint density at radius 3 is 3.06 bits per heavy atom. The molecule has 0 aromatic carbocycles. The molecular weight excluding hydrogens is 232 g/mol. The molecule has 1 saturated heterocycles. The van der Waals surface area contributed by atoms with E-state index in [2.05, 4.69) is 15.6 Å². The van der Waals surface area contributed by atoms with E-state index in [9.17, 15) is 9.59 Å². The molecule has 1 aromatic heterocycles. The Hall–Kier alpha value is -1.95. The van der Waals surface area contributed by atoms with Crippen molar-refractivity contribution in [3.63, 3.8) is 0 Å². The van der Waals surface area contributed by atoms with Gasteiger partial charge in [-0.1, -0.05) is 6.07 Å². The van der Waals surface area contributed by atoms with Crippen LogP contribution in [0.15, 0.2) is 18.3 Å². The first-order chi connectivity index (χ1) is 8.65. The Kier molecular flexibility index (Phi) is 3.88. The van der Waals surface area contributed by atoms with E-state index in [0.29, 0.717) is 18.9 Å². The van der Waals surface area contributed by atoms with E-state index in [1.54, 1.807) is 17.2 Å². The van der Waals surface area contributed by atoms with E-state index in [1.165, 1.54) is 0 Å². The fourth-order valence-corrected chi connectivity index (χ4v) is 1.71. The van der Waals surface area contributed by atoms with Gasteiger partial charge in [0, 0.05) is 19.3 Å². The molecule has 0 saturated carbocycles. The lowest BCUT2D eigenvalue weighted by Gasteiger charge is -2.26. The number of amides is 2. The molecule has 6 nitrogen and oxygen atoms in total. The number of pyridine rings is 1. The summed E-state index contributed by atoms with van der Waals surface area (Å²) in [4.78, 5) is 28.9. The third-order valence-corrected chi connectivity index (χ3v) is 2.70. The van der Waals surface area contributed by atoms with Crippen LogP contribution in [-0.2, 0) is 9.59 Å². The second-order valence-electron chi connectivity index (χ2n) is 4.26. The van der Waals surface area contributed by atoms with Crippen molar-refractivity contribution < 1.29 is 9.59 Å². The number of piperazine rings is 1. The van der Waals surface area contributed by atoms with Gasteiger partial charge in [0.05, 0.1) is 13.1 Å². The van der Waals surface area contributed by atoms with Crippen molar-refractivity contribution in [3.05, 3.63) is 23.9 Å². The number of nitrogens with zero attached hydrogens (tertiary/aromatic N) is 2. The molecule has 0 radical (unpaired) electrons. The number of aryl methyl sites for hydroxylation is 1. The number of nitrogens with one attached hydrogen (secondary N) is 2. The molecule has 0 bridgehead atoms. The minimum absolute atomic E-state index is 0.0479. The zero-order chi connectivity index (χ0) is 13.0. The molecule has 1 aliphatic heterocycles.